The summed E-state index contributed by atoms with van der Waals surface area (Å²) in [5.74, 6) is -0.156. The summed E-state index contributed by atoms with van der Waals surface area (Å²) in [4.78, 5) is 24.9. The second-order valence-electron chi connectivity index (χ2n) is 4.21. The molecule has 1 aromatic carbocycles. The van der Waals surface area contributed by atoms with Gasteiger partial charge in [0.15, 0.2) is 0 Å². The van der Waals surface area contributed by atoms with Gasteiger partial charge in [0, 0.05) is 28.8 Å². The summed E-state index contributed by atoms with van der Waals surface area (Å²) in [5.41, 5.74) is 0.507. The fraction of sp³-hybridized carbons (Fsp3) is 0.333. The second kappa shape index (κ2) is 6.12. The lowest BCUT2D eigenvalue weighted by atomic mass is 10.3. The zero-order valence-electron chi connectivity index (χ0n) is 10.1. The van der Waals surface area contributed by atoms with Crippen LogP contribution in [0.2, 0.25) is 10.0 Å². The molecule has 0 aliphatic carbocycles. The Morgan fingerprint density at radius 1 is 1.26 bits per heavy atom. The van der Waals surface area contributed by atoms with Crippen LogP contribution in [-0.4, -0.2) is 36.5 Å². The summed E-state index contributed by atoms with van der Waals surface area (Å²) >= 11 is 11.7. The van der Waals surface area contributed by atoms with Crippen LogP contribution in [0.1, 0.15) is 6.42 Å². The molecule has 0 unspecified atom stereocenters. The van der Waals surface area contributed by atoms with Gasteiger partial charge in [-0.05, 0) is 24.6 Å². The molecule has 102 valence electrons. The molecule has 19 heavy (non-hydrogen) atoms. The zero-order chi connectivity index (χ0) is 13.8. The van der Waals surface area contributed by atoms with Gasteiger partial charge in [0.25, 0.3) is 0 Å². The Bertz CT molecular complexity index is 487. The molecule has 5 nitrogen and oxygen atoms in total. The summed E-state index contributed by atoms with van der Waals surface area (Å²) in [6, 6.07) is 4.44. The Morgan fingerprint density at radius 3 is 2.63 bits per heavy atom. The highest BCUT2D eigenvalue weighted by molar-refractivity contribution is 6.35. The van der Waals surface area contributed by atoms with E-state index in [0.717, 1.165) is 6.42 Å². The summed E-state index contributed by atoms with van der Waals surface area (Å²) in [7, 11) is 0. The van der Waals surface area contributed by atoms with Gasteiger partial charge in [-0.3, -0.25) is 4.79 Å². The zero-order valence-corrected chi connectivity index (χ0v) is 11.6. The number of nitrogens with one attached hydrogen (secondary N) is 2. The molecule has 1 fully saturated rings. The maximum absolute atomic E-state index is 12.0. The van der Waals surface area contributed by atoms with Crippen LogP contribution in [0.3, 0.4) is 0 Å². The number of carbonyl (C=O) groups is 2. The van der Waals surface area contributed by atoms with Crippen LogP contribution >= 0.6 is 23.2 Å². The van der Waals surface area contributed by atoms with Crippen LogP contribution in [0.25, 0.3) is 0 Å². The summed E-state index contributed by atoms with van der Waals surface area (Å²) in [6.45, 7) is 1.17. The first kappa shape index (κ1) is 14.0. The van der Waals surface area contributed by atoms with E-state index >= 15 is 0 Å². The van der Waals surface area contributed by atoms with E-state index in [1.807, 2.05) is 0 Å². The van der Waals surface area contributed by atoms with Crippen molar-refractivity contribution in [2.24, 2.45) is 0 Å². The van der Waals surface area contributed by atoms with Gasteiger partial charge in [-0.25, -0.2) is 4.79 Å². The first-order valence-corrected chi connectivity index (χ1v) is 6.59. The van der Waals surface area contributed by atoms with Gasteiger partial charge in [-0.2, -0.15) is 0 Å². The third-order valence-corrected chi connectivity index (χ3v) is 3.10. The van der Waals surface area contributed by atoms with Gasteiger partial charge in [0.05, 0.1) is 0 Å². The minimum absolute atomic E-state index is 0.0557. The molecule has 3 amide bonds. The second-order valence-corrected chi connectivity index (χ2v) is 5.09. The number of amides is 3. The molecule has 1 aliphatic rings. The molecule has 1 saturated heterocycles. The molecule has 0 aromatic heterocycles. The molecule has 0 radical (unpaired) electrons. The first-order valence-electron chi connectivity index (χ1n) is 5.83. The van der Waals surface area contributed by atoms with Gasteiger partial charge < -0.3 is 15.5 Å². The van der Waals surface area contributed by atoms with Crippen LogP contribution in [-0.2, 0) is 4.79 Å². The van der Waals surface area contributed by atoms with Gasteiger partial charge in [-0.15, -0.1) is 0 Å². The van der Waals surface area contributed by atoms with Crippen LogP contribution in [0.4, 0.5) is 10.5 Å². The smallest absolute Gasteiger partial charge is 0.322 e. The molecule has 1 heterocycles. The number of benzene rings is 1. The lowest BCUT2D eigenvalue weighted by molar-refractivity contribution is -0.120. The van der Waals surface area contributed by atoms with Crippen LogP contribution in [0.15, 0.2) is 18.2 Å². The Kier molecular flexibility index (Phi) is 4.50. The highest BCUT2D eigenvalue weighted by Crippen LogP contribution is 2.22. The molecule has 2 rings (SSSR count). The number of anilines is 1. The quantitative estimate of drug-likeness (QED) is 0.836. The maximum Gasteiger partial charge on any atom is 0.322 e. The van der Waals surface area contributed by atoms with Crippen molar-refractivity contribution in [3.05, 3.63) is 28.2 Å². The van der Waals surface area contributed by atoms with E-state index in [2.05, 4.69) is 10.6 Å². The molecular weight excluding hydrogens is 289 g/mol. The van der Waals surface area contributed by atoms with Crippen molar-refractivity contribution in [1.82, 2.24) is 10.2 Å². The number of halogens is 2. The predicted molar refractivity (Wildman–Crippen MR) is 74.7 cm³/mol. The van der Waals surface area contributed by atoms with Gasteiger partial charge >= 0.3 is 6.03 Å². The van der Waals surface area contributed by atoms with E-state index in [0.29, 0.717) is 28.8 Å². The average molecular weight is 302 g/mol. The molecule has 0 spiro atoms. The standard InChI is InChI=1S/C12H13Cl2N3O2/c13-8-4-9(14)6-10(5-8)16-12(19)17-3-1-2-15-11(18)7-17/h4-6H,1-3,7H2,(H,15,18)(H,16,19). The molecule has 1 aromatic rings. The first-order chi connectivity index (χ1) is 9.04. The summed E-state index contributed by atoms with van der Waals surface area (Å²) < 4.78 is 0. The Balaban J connectivity index is 2.05. The van der Waals surface area contributed by atoms with E-state index in [1.165, 1.54) is 4.90 Å². The van der Waals surface area contributed by atoms with Crippen LogP contribution in [0, 0.1) is 0 Å². The third-order valence-electron chi connectivity index (χ3n) is 2.66. The normalized spacial score (nSPS) is 15.7. The van der Waals surface area contributed by atoms with Gasteiger partial charge in [0.1, 0.15) is 6.54 Å². The van der Waals surface area contributed by atoms with Gasteiger partial charge in [0.2, 0.25) is 5.91 Å². The van der Waals surface area contributed by atoms with Crippen LogP contribution < -0.4 is 10.6 Å². The lowest BCUT2D eigenvalue weighted by Gasteiger charge is -2.19. The fourth-order valence-electron chi connectivity index (χ4n) is 1.81. The molecule has 0 saturated carbocycles. The van der Waals surface area contributed by atoms with Crippen molar-refractivity contribution in [2.45, 2.75) is 6.42 Å². The molecule has 0 bridgehead atoms. The highest BCUT2D eigenvalue weighted by atomic mass is 35.5. The monoisotopic (exact) mass is 301 g/mol. The Labute approximate surface area is 120 Å². The van der Waals surface area contributed by atoms with Crippen molar-refractivity contribution in [3.8, 4) is 0 Å². The van der Waals surface area contributed by atoms with E-state index in [1.54, 1.807) is 18.2 Å². The number of rotatable bonds is 1. The number of hydrogen-bond acceptors (Lipinski definition) is 2. The van der Waals surface area contributed by atoms with E-state index < -0.39 is 0 Å². The third kappa shape index (κ3) is 4.01. The van der Waals surface area contributed by atoms with Crippen molar-refractivity contribution in [2.75, 3.05) is 25.0 Å². The highest BCUT2D eigenvalue weighted by Gasteiger charge is 2.19. The van der Waals surface area contributed by atoms with Crippen molar-refractivity contribution in [3.63, 3.8) is 0 Å². The summed E-state index contributed by atoms with van der Waals surface area (Å²) in [5, 5.41) is 6.27. The molecule has 0 atom stereocenters. The number of nitrogens with zero attached hydrogens (tertiary/aromatic N) is 1. The minimum atomic E-state index is -0.338. The number of urea groups is 1. The maximum atomic E-state index is 12.0. The number of carbonyl (C=O) groups excluding carboxylic acids is 2. The Morgan fingerprint density at radius 2 is 1.95 bits per heavy atom. The lowest BCUT2D eigenvalue weighted by Crippen LogP contribution is -2.39. The van der Waals surface area contributed by atoms with Crippen molar-refractivity contribution in [1.29, 1.82) is 0 Å². The van der Waals surface area contributed by atoms with Crippen molar-refractivity contribution < 1.29 is 9.59 Å². The summed E-state index contributed by atoms with van der Waals surface area (Å²) in [6.07, 6.45) is 0.732. The van der Waals surface area contributed by atoms with E-state index in [-0.39, 0.29) is 18.5 Å². The van der Waals surface area contributed by atoms with E-state index in [9.17, 15) is 9.59 Å². The van der Waals surface area contributed by atoms with E-state index in [4.69, 9.17) is 23.2 Å². The average Bonchev–Trinajstić information content (AvgIpc) is 2.52. The molecule has 2 N–H and O–H groups in total. The largest absolute Gasteiger partial charge is 0.354 e. The molecule has 7 heteroatoms. The fourth-order valence-corrected chi connectivity index (χ4v) is 2.33. The van der Waals surface area contributed by atoms with Gasteiger partial charge in [-0.1, -0.05) is 23.2 Å². The molecule has 1 aliphatic heterocycles. The number of hydrogen-bond donors (Lipinski definition) is 2. The minimum Gasteiger partial charge on any atom is -0.354 e. The predicted octanol–water partition coefficient (Wildman–Crippen LogP) is 2.35. The van der Waals surface area contributed by atoms with Crippen LogP contribution in [0.5, 0.6) is 0 Å². The SMILES string of the molecule is O=C1CN(C(=O)Nc2cc(Cl)cc(Cl)c2)CCCN1. The molecular formula is C12H13Cl2N3O2. The van der Waals surface area contributed by atoms with Crippen molar-refractivity contribution >= 4 is 40.8 Å². The Hall–Kier alpha value is -1.46. The topological polar surface area (TPSA) is 61.4 Å².